The van der Waals surface area contributed by atoms with Crippen LogP contribution in [0.2, 0.25) is 5.02 Å². The number of carbonyl (C=O) groups is 2. The largest absolute Gasteiger partial charge is 0.462 e. The number of hydrogen-bond donors (Lipinski definition) is 1. The number of nitrogens with one attached hydrogen (secondary N) is 1. The van der Waals surface area contributed by atoms with Gasteiger partial charge in [-0.05, 0) is 54.7 Å². The van der Waals surface area contributed by atoms with Crippen molar-refractivity contribution in [3.05, 3.63) is 80.7 Å². The lowest BCUT2D eigenvalue weighted by Crippen LogP contribution is -2.16. The molecule has 0 spiro atoms. The smallest absolute Gasteiger partial charge is 0.341 e. The summed E-state index contributed by atoms with van der Waals surface area (Å²) in [6, 6.07) is 16.8. The summed E-state index contributed by atoms with van der Waals surface area (Å²) in [7, 11) is 0. The SMILES string of the molecule is CCOC(=O)c1c(NC(=O)/C(C#N)=C/c2ccc(C(C)C)cc2)sc(C)c1-c1ccc(Cl)cc1. The molecule has 0 aliphatic heterocycles. The van der Waals surface area contributed by atoms with Crippen molar-refractivity contribution in [2.75, 3.05) is 11.9 Å². The van der Waals surface area contributed by atoms with Crippen LogP contribution in [0.25, 0.3) is 17.2 Å². The quantitative estimate of drug-likeness (QED) is 0.214. The number of benzene rings is 2. The number of nitriles is 1. The summed E-state index contributed by atoms with van der Waals surface area (Å²) in [6.45, 7) is 7.97. The molecule has 0 radical (unpaired) electrons. The summed E-state index contributed by atoms with van der Waals surface area (Å²) in [6.07, 6.45) is 1.53. The molecular weight excluding hydrogens is 468 g/mol. The molecule has 0 bridgehead atoms. The summed E-state index contributed by atoms with van der Waals surface area (Å²) in [5.74, 6) is -0.751. The first-order valence-electron chi connectivity index (χ1n) is 10.8. The molecule has 3 aromatic rings. The number of amides is 1. The monoisotopic (exact) mass is 492 g/mol. The van der Waals surface area contributed by atoms with Gasteiger partial charge in [0.2, 0.25) is 0 Å². The van der Waals surface area contributed by atoms with Gasteiger partial charge >= 0.3 is 5.97 Å². The second kappa shape index (κ2) is 11.1. The van der Waals surface area contributed by atoms with Crippen molar-refractivity contribution in [3.8, 4) is 17.2 Å². The van der Waals surface area contributed by atoms with Crippen LogP contribution >= 0.6 is 22.9 Å². The summed E-state index contributed by atoms with van der Waals surface area (Å²) < 4.78 is 5.27. The van der Waals surface area contributed by atoms with E-state index in [0.29, 0.717) is 21.5 Å². The second-order valence-corrected chi connectivity index (χ2v) is 9.57. The van der Waals surface area contributed by atoms with E-state index in [9.17, 15) is 14.9 Å². The predicted octanol–water partition coefficient (Wildman–Crippen LogP) is 7.22. The van der Waals surface area contributed by atoms with E-state index >= 15 is 0 Å². The lowest BCUT2D eigenvalue weighted by molar-refractivity contribution is -0.112. The summed E-state index contributed by atoms with van der Waals surface area (Å²) in [5, 5.41) is 13.3. The molecule has 5 nitrogen and oxygen atoms in total. The molecule has 0 aliphatic rings. The fraction of sp³-hybridized carbons (Fsp3) is 0.222. The molecule has 0 saturated heterocycles. The van der Waals surface area contributed by atoms with Gasteiger partial charge in [0, 0.05) is 15.5 Å². The van der Waals surface area contributed by atoms with Crippen LogP contribution in [-0.4, -0.2) is 18.5 Å². The number of esters is 1. The van der Waals surface area contributed by atoms with Gasteiger partial charge in [-0.25, -0.2) is 4.79 Å². The number of nitrogens with zero attached hydrogens (tertiary/aromatic N) is 1. The molecule has 2 aromatic carbocycles. The van der Waals surface area contributed by atoms with Crippen LogP contribution in [0.5, 0.6) is 0 Å². The topological polar surface area (TPSA) is 79.2 Å². The number of aryl methyl sites for hydroxylation is 1. The zero-order valence-corrected chi connectivity index (χ0v) is 21.0. The van der Waals surface area contributed by atoms with E-state index in [1.165, 1.54) is 23.0 Å². The Morgan fingerprint density at radius 1 is 1.15 bits per heavy atom. The molecule has 7 heteroatoms. The Bertz CT molecular complexity index is 1270. The normalized spacial score (nSPS) is 11.3. The lowest BCUT2D eigenvalue weighted by atomic mass is 10.0. The third-order valence-corrected chi connectivity index (χ3v) is 6.48. The van der Waals surface area contributed by atoms with Gasteiger partial charge in [-0.15, -0.1) is 11.3 Å². The highest BCUT2D eigenvalue weighted by atomic mass is 35.5. The van der Waals surface area contributed by atoms with E-state index in [0.717, 1.165) is 16.0 Å². The molecule has 3 rings (SSSR count). The summed E-state index contributed by atoms with van der Waals surface area (Å²) in [5.41, 5.74) is 3.56. The van der Waals surface area contributed by atoms with Crippen LogP contribution in [0.1, 0.15) is 53.1 Å². The Morgan fingerprint density at radius 2 is 1.79 bits per heavy atom. The molecule has 0 fully saturated rings. The molecule has 34 heavy (non-hydrogen) atoms. The van der Waals surface area contributed by atoms with Gasteiger partial charge in [-0.1, -0.05) is 61.8 Å². The van der Waals surface area contributed by atoms with Gasteiger partial charge in [0.15, 0.2) is 0 Å². The van der Waals surface area contributed by atoms with Gasteiger partial charge in [-0.3, -0.25) is 4.79 Å². The number of rotatable bonds is 7. The van der Waals surface area contributed by atoms with Crippen molar-refractivity contribution >= 4 is 45.9 Å². The average Bonchev–Trinajstić information content (AvgIpc) is 3.13. The molecule has 1 aromatic heterocycles. The Hall–Kier alpha value is -3.40. The van der Waals surface area contributed by atoms with Crippen LogP contribution in [0, 0.1) is 18.3 Å². The molecule has 1 heterocycles. The minimum atomic E-state index is -0.593. The van der Waals surface area contributed by atoms with Crippen molar-refractivity contribution in [1.82, 2.24) is 0 Å². The summed E-state index contributed by atoms with van der Waals surface area (Å²) in [4.78, 5) is 26.7. The zero-order valence-electron chi connectivity index (χ0n) is 19.4. The van der Waals surface area contributed by atoms with Crippen LogP contribution in [0.3, 0.4) is 0 Å². The van der Waals surface area contributed by atoms with Crippen LogP contribution < -0.4 is 5.32 Å². The van der Waals surface area contributed by atoms with E-state index in [-0.39, 0.29) is 17.7 Å². The first kappa shape index (κ1) is 25.2. The third-order valence-electron chi connectivity index (χ3n) is 5.20. The van der Waals surface area contributed by atoms with Crippen molar-refractivity contribution in [2.45, 2.75) is 33.6 Å². The molecule has 0 unspecified atom stereocenters. The molecule has 0 aliphatic carbocycles. The molecule has 1 amide bonds. The van der Waals surface area contributed by atoms with E-state index in [1.807, 2.05) is 49.4 Å². The lowest BCUT2D eigenvalue weighted by Gasteiger charge is -2.09. The fourth-order valence-corrected chi connectivity index (χ4v) is 4.64. The van der Waals surface area contributed by atoms with Crippen molar-refractivity contribution in [2.24, 2.45) is 0 Å². The maximum Gasteiger partial charge on any atom is 0.341 e. The van der Waals surface area contributed by atoms with Gasteiger partial charge in [0.05, 0.1) is 6.61 Å². The van der Waals surface area contributed by atoms with Crippen molar-refractivity contribution < 1.29 is 14.3 Å². The van der Waals surface area contributed by atoms with Crippen molar-refractivity contribution in [3.63, 3.8) is 0 Å². The molecule has 0 atom stereocenters. The Labute approximate surface area is 208 Å². The van der Waals surface area contributed by atoms with E-state index in [2.05, 4.69) is 19.2 Å². The Balaban J connectivity index is 1.98. The third kappa shape index (κ3) is 5.74. The Kier molecular flexibility index (Phi) is 8.27. The van der Waals surface area contributed by atoms with Crippen LogP contribution in [-0.2, 0) is 9.53 Å². The Morgan fingerprint density at radius 3 is 2.35 bits per heavy atom. The van der Waals surface area contributed by atoms with Gasteiger partial charge in [0.1, 0.15) is 22.2 Å². The van der Waals surface area contributed by atoms with E-state index in [4.69, 9.17) is 16.3 Å². The highest BCUT2D eigenvalue weighted by Crippen LogP contribution is 2.41. The van der Waals surface area contributed by atoms with E-state index in [1.54, 1.807) is 19.1 Å². The fourth-order valence-electron chi connectivity index (χ4n) is 3.46. The highest BCUT2D eigenvalue weighted by Gasteiger charge is 2.26. The zero-order chi connectivity index (χ0) is 24.8. The van der Waals surface area contributed by atoms with Crippen molar-refractivity contribution in [1.29, 1.82) is 5.26 Å². The van der Waals surface area contributed by atoms with Gasteiger partial charge in [-0.2, -0.15) is 5.26 Å². The van der Waals surface area contributed by atoms with Gasteiger partial charge < -0.3 is 10.1 Å². The van der Waals surface area contributed by atoms with E-state index < -0.39 is 11.9 Å². The minimum Gasteiger partial charge on any atom is -0.462 e. The number of ether oxygens (including phenoxy) is 1. The molecule has 174 valence electrons. The maximum absolute atomic E-state index is 13.0. The number of carbonyl (C=O) groups excluding carboxylic acids is 2. The molecule has 0 saturated carbocycles. The second-order valence-electron chi connectivity index (χ2n) is 7.91. The first-order chi connectivity index (χ1) is 16.2. The highest BCUT2D eigenvalue weighted by molar-refractivity contribution is 7.17. The predicted molar refractivity (Wildman–Crippen MR) is 138 cm³/mol. The van der Waals surface area contributed by atoms with Crippen LogP contribution in [0.4, 0.5) is 5.00 Å². The number of halogens is 1. The number of hydrogen-bond acceptors (Lipinski definition) is 5. The number of anilines is 1. The first-order valence-corrected chi connectivity index (χ1v) is 12.0. The average molecular weight is 493 g/mol. The molecule has 1 N–H and O–H groups in total. The number of thiophene rings is 1. The minimum absolute atomic E-state index is 0.0637. The molecular formula is C27H25ClN2O3S. The maximum atomic E-state index is 13.0. The van der Waals surface area contributed by atoms with Gasteiger partial charge in [0.25, 0.3) is 5.91 Å². The standard InChI is InChI=1S/C27H25ClN2O3S/c1-5-33-27(32)24-23(20-10-12-22(28)13-11-20)17(4)34-26(24)30-25(31)21(15-29)14-18-6-8-19(9-7-18)16(2)3/h6-14,16H,5H2,1-4H3,(H,30,31)/b21-14+. The van der Waals surface area contributed by atoms with Crippen LogP contribution in [0.15, 0.2) is 54.1 Å². The summed E-state index contributed by atoms with van der Waals surface area (Å²) >= 11 is 7.28.